The molecule has 0 amide bonds. The normalized spacial score (nSPS) is 25.7. The lowest BCUT2D eigenvalue weighted by Crippen LogP contribution is -2.41. The van der Waals surface area contributed by atoms with Crippen molar-refractivity contribution in [2.75, 3.05) is 33.3 Å². The van der Waals surface area contributed by atoms with Crippen molar-refractivity contribution < 1.29 is 4.74 Å². The molecular weight excluding hydrogens is 200 g/mol. The summed E-state index contributed by atoms with van der Waals surface area (Å²) in [5, 5.41) is 3.65. The van der Waals surface area contributed by atoms with Crippen LogP contribution in [0, 0.1) is 5.92 Å². The average Bonchev–Trinajstić information content (AvgIpc) is 2.42. The van der Waals surface area contributed by atoms with Crippen LogP contribution in [0.2, 0.25) is 0 Å². The molecule has 1 rings (SSSR count). The number of nitrogens with one attached hydrogen (secondary N) is 1. The van der Waals surface area contributed by atoms with Gasteiger partial charge in [0.1, 0.15) is 0 Å². The fourth-order valence-corrected chi connectivity index (χ4v) is 2.41. The zero-order valence-electron chi connectivity index (χ0n) is 11.3. The molecule has 0 bridgehead atoms. The third-order valence-corrected chi connectivity index (χ3v) is 3.24. The molecule has 1 saturated heterocycles. The smallest absolute Gasteiger partial charge is 0.0670 e. The Kier molecular flexibility index (Phi) is 6.32. The molecule has 2 unspecified atom stereocenters. The first kappa shape index (κ1) is 13.9. The molecule has 0 aliphatic carbocycles. The zero-order valence-corrected chi connectivity index (χ0v) is 11.3. The maximum absolute atomic E-state index is 5.35. The van der Waals surface area contributed by atoms with Gasteiger partial charge in [-0.25, -0.2) is 0 Å². The molecular formula is C13H28N2O. The zero-order chi connectivity index (χ0) is 12.0. The molecule has 1 N–H and O–H groups in total. The van der Waals surface area contributed by atoms with Gasteiger partial charge >= 0.3 is 0 Å². The molecule has 1 aliphatic heterocycles. The monoisotopic (exact) mass is 228 g/mol. The topological polar surface area (TPSA) is 24.5 Å². The summed E-state index contributed by atoms with van der Waals surface area (Å²) in [7, 11) is 1.80. The molecule has 0 saturated carbocycles. The minimum atomic E-state index is 0.345. The number of nitrogens with zero attached hydrogens (tertiary/aromatic N) is 1. The third-order valence-electron chi connectivity index (χ3n) is 3.24. The van der Waals surface area contributed by atoms with Crippen LogP contribution in [0.25, 0.3) is 0 Å². The van der Waals surface area contributed by atoms with E-state index in [1.54, 1.807) is 7.11 Å². The number of rotatable bonds is 5. The first-order valence-electron chi connectivity index (χ1n) is 6.60. The number of hydrogen-bond acceptors (Lipinski definition) is 3. The van der Waals surface area contributed by atoms with E-state index in [9.17, 15) is 0 Å². The Morgan fingerprint density at radius 2 is 2.12 bits per heavy atom. The second kappa shape index (κ2) is 7.25. The lowest BCUT2D eigenvalue weighted by molar-refractivity contribution is 0.0757. The van der Waals surface area contributed by atoms with Gasteiger partial charge in [0.05, 0.1) is 6.10 Å². The molecule has 16 heavy (non-hydrogen) atoms. The number of hydrogen-bond donors (Lipinski definition) is 1. The van der Waals surface area contributed by atoms with Crippen molar-refractivity contribution in [2.24, 2.45) is 5.92 Å². The van der Waals surface area contributed by atoms with Crippen LogP contribution in [0.15, 0.2) is 0 Å². The summed E-state index contributed by atoms with van der Waals surface area (Å²) >= 11 is 0. The van der Waals surface area contributed by atoms with Crippen molar-refractivity contribution >= 4 is 0 Å². The minimum Gasteiger partial charge on any atom is -0.380 e. The quantitative estimate of drug-likeness (QED) is 0.775. The van der Waals surface area contributed by atoms with E-state index in [2.05, 4.69) is 31.0 Å². The van der Waals surface area contributed by atoms with Crippen LogP contribution in [-0.4, -0.2) is 50.3 Å². The van der Waals surface area contributed by atoms with Crippen molar-refractivity contribution in [3.8, 4) is 0 Å². The summed E-state index contributed by atoms with van der Waals surface area (Å²) in [5.41, 5.74) is 0. The first-order valence-corrected chi connectivity index (χ1v) is 6.60. The van der Waals surface area contributed by atoms with E-state index in [1.807, 2.05) is 0 Å². The van der Waals surface area contributed by atoms with Crippen molar-refractivity contribution in [2.45, 2.75) is 45.8 Å². The van der Waals surface area contributed by atoms with Crippen LogP contribution in [0.3, 0.4) is 0 Å². The molecule has 1 fully saturated rings. The largest absolute Gasteiger partial charge is 0.380 e. The first-order chi connectivity index (χ1) is 7.61. The highest BCUT2D eigenvalue weighted by molar-refractivity contribution is 4.78. The summed E-state index contributed by atoms with van der Waals surface area (Å²) in [6.45, 7) is 11.3. The molecule has 96 valence electrons. The Morgan fingerprint density at radius 1 is 1.38 bits per heavy atom. The molecule has 2 atom stereocenters. The summed E-state index contributed by atoms with van der Waals surface area (Å²) in [5.74, 6) is 0.775. The number of methoxy groups -OCH3 is 1. The average molecular weight is 228 g/mol. The van der Waals surface area contributed by atoms with Crippen LogP contribution in [0.4, 0.5) is 0 Å². The fraction of sp³-hybridized carbons (Fsp3) is 1.00. The highest BCUT2D eigenvalue weighted by Gasteiger charge is 2.19. The predicted molar refractivity (Wildman–Crippen MR) is 68.8 cm³/mol. The fourth-order valence-electron chi connectivity index (χ4n) is 2.41. The molecule has 0 spiro atoms. The summed E-state index contributed by atoms with van der Waals surface area (Å²) in [6.07, 6.45) is 2.88. The lowest BCUT2D eigenvalue weighted by Gasteiger charge is -2.27. The molecule has 1 aliphatic rings. The van der Waals surface area contributed by atoms with Crippen LogP contribution in [0.5, 0.6) is 0 Å². The van der Waals surface area contributed by atoms with Crippen LogP contribution in [-0.2, 0) is 4.74 Å². The van der Waals surface area contributed by atoms with Gasteiger partial charge in [-0.2, -0.15) is 0 Å². The van der Waals surface area contributed by atoms with E-state index in [1.165, 1.54) is 25.9 Å². The van der Waals surface area contributed by atoms with Crippen molar-refractivity contribution in [3.63, 3.8) is 0 Å². The van der Waals surface area contributed by atoms with E-state index < -0.39 is 0 Å². The van der Waals surface area contributed by atoms with Gasteiger partial charge < -0.3 is 10.1 Å². The van der Waals surface area contributed by atoms with Gasteiger partial charge in [0, 0.05) is 26.2 Å². The van der Waals surface area contributed by atoms with Crippen LogP contribution in [0.1, 0.15) is 33.6 Å². The van der Waals surface area contributed by atoms with Gasteiger partial charge in [0.25, 0.3) is 0 Å². The molecule has 0 aromatic carbocycles. The molecule has 0 radical (unpaired) electrons. The Labute approximate surface area is 101 Å². The standard InChI is InChI=1S/C13H28N2O/c1-11(2)8-13-10-15(7-5-6-14-13)9-12(3)16-4/h11-14H,5-10H2,1-4H3. The molecule has 0 aromatic rings. The van der Waals surface area contributed by atoms with Crippen molar-refractivity contribution in [3.05, 3.63) is 0 Å². The minimum absolute atomic E-state index is 0.345. The Hall–Kier alpha value is -0.120. The van der Waals surface area contributed by atoms with E-state index in [0.29, 0.717) is 12.1 Å². The molecule has 0 aromatic heterocycles. The van der Waals surface area contributed by atoms with Gasteiger partial charge in [-0.05, 0) is 38.8 Å². The van der Waals surface area contributed by atoms with Crippen LogP contribution >= 0.6 is 0 Å². The van der Waals surface area contributed by atoms with Gasteiger partial charge in [0.15, 0.2) is 0 Å². The Balaban J connectivity index is 2.39. The van der Waals surface area contributed by atoms with Crippen molar-refractivity contribution in [1.29, 1.82) is 0 Å². The van der Waals surface area contributed by atoms with Gasteiger partial charge in [-0.1, -0.05) is 13.8 Å². The highest BCUT2D eigenvalue weighted by Crippen LogP contribution is 2.10. The van der Waals surface area contributed by atoms with E-state index >= 15 is 0 Å². The molecule has 3 nitrogen and oxygen atoms in total. The maximum Gasteiger partial charge on any atom is 0.0670 e. The Bertz CT molecular complexity index is 185. The van der Waals surface area contributed by atoms with Gasteiger partial charge in [-0.15, -0.1) is 0 Å². The third kappa shape index (κ3) is 5.28. The van der Waals surface area contributed by atoms with E-state index in [-0.39, 0.29) is 0 Å². The van der Waals surface area contributed by atoms with Gasteiger partial charge in [-0.3, -0.25) is 4.90 Å². The lowest BCUT2D eigenvalue weighted by atomic mass is 10.0. The summed E-state index contributed by atoms with van der Waals surface area (Å²) < 4.78 is 5.35. The second-order valence-corrected chi connectivity index (χ2v) is 5.44. The van der Waals surface area contributed by atoms with Crippen LogP contribution < -0.4 is 5.32 Å². The van der Waals surface area contributed by atoms with E-state index in [4.69, 9.17) is 4.74 Å². The SMILES string of the molecule is COC(C)CN1CCCNC(CC(C)C)C1. The summed E-state index contributed by atoms with van der Waals surface area (Å²) in [4.78, 5) is 2.54. The number of ether oxygens (including phenoxy) is 1. The molecule has 1 heterocycles. The molecule has 3 heteroatoms. The predicted octanol–water partition coefficient (Wildman–Crippen LogP) is 1.73. The highest BCUT2D eigenvalue weighted by atomic mass is 16.5. The second-order valence-electron chi connectivity index (χ2n) is 5.44. The maximum atomic E-state index is 5.35. The Morgan fingerprint density at radius 3 is 2.75 bits per heavy atom. The van der Waals surface area contributed by atoms with Crippen molar-refractivity contribution in [1.82, 2.24) is 10.2 Å². The summed E-state index contributed by atoms with van der Waals surface area (Å²) in [6, 6.07) is 0.659. The van der Waals surface area contributed by atoms with Gasteiger partial charge in [0.2, 0.25) is 0 Å². The van der Waals surface area contributed by atoms with E-state index in [0.717, 1.165) is 19.0 Å².